The van der Waals surface area contributed by atoms with Crippen LogP contribution in [-0.4, -0.2) is 41.8 Å². The van der Waals surface area contributed by atoms with Gasteiger partial charge in [0.2, 0.25) is 0 Å². The van der Waals surface area contributed by atoms with Gasteiger partial charge >= 0.3 is 0 Å². The number of aryl methyl sites for hydroxylation is 1. The first-order chi connectivity index (χ1) is 9.24. The molecule has 1 aliphatic rings. The lowest BCUT2D eigenvalue weighted by Gasteiger charge is -2.32. The lowest BCUT2D eigenvalue weighted by molar-refractivity contribution is 0.0819. The van der Waals surface area contributed by atoms with E-state index in [0.717, 1.165) is 43.8 Å². The molecule has 106 valence electrons. The Hall–Kier alpha value is -1.01. The summed E-state index contributed by atoms with van der Waals surface area (Å²) < 4.78 is 6.85. The van der Waals surface area contributed by atoms with Crippen molar-refractivity contribution in [2.75, 3.05) is 30.9 Å². The van der Waals surface area contributed by atoms with Crippen LogP contribution >= 0.6 is 12.6 Å². The second-order valence-corrected chi connectivity index (χ2v) is 5.22. The molecule has 1 saturated heterocycles. The fraction of sp³-hybridized carbons (Fsp3) is 0.692. The van der Waals surface area contributed by atoms with Crippen molar-refractivity contribution in [3.05, 3.63) is 22.6 Å². The molecule has 19 heavy (non-hydrogen) atoms. The molecule has 5 nitrogen and oxygen atoms in total. The maximum Gasteiger partial charge on any atom is 0.268 e. The van der Waals surface area contributed by atoms with Crippen LogP contribution in [0.15, 0.2) is 17.1 Å². The van der Waals surface area contributed by atoms with Gasteiger partial charge in [0.05, 0.1) is 18.0 Å². The number of methoxy groups -OCH3 is 1. The predicted molar refractivity (Wildman–Crippen MR) is 79.2 cm³/mol. The van der Waals surface area contributed by atoms with Crippen LogP contribution in [-0.2, 0) is 11.3 Å². The first-order valence-electron chi connectivity index (χ1n) is 6.70. The Bertz CT molecular complexity index is 455. The molecule has 0 unspecified atom stereocenters. The summed E-state index contributed by atoms with van der Waals surface area (Å²) in [6.45, 7) is 2.47. The molecule has 6 heteroatoms. The zero-order valence-electron chi connectivity index (χ0n) is 11.3. The third kappa shape index (κ3) is 3.73. The van der Waals surface area contributed by atoms with Gasteiger partial charge < -0.3 is 9.64 Å². The molecule has 0 N–H and O–H groups in total. The number of ether oxygens (including phenoxy) is 1. The molecular formula is C13H21N3O2S. The van der Waals surface area contributed by atoms with Crippen LogP contribution in [0.4, 0.5) is 5.69 Å². The van der Waals surface area contributed by atoms with Gasteiger partial charge in [0, 0.05) is 32.8 Å². The summed E-state index contributed by atoms with van der Waals surface area (Å²) in [6, 6.07) is 1.68. The Kier molecular flexibility index (Phi) is 5.27. The molecule has 1 aliphatic heterocycles. The van der Waals surface area contributed by atoms with Crippen molar-refractivity contribution >= 4 is 18.3 Å². The first-order valence-corrected chi connectivity index (χ1v) is 7.33. The summed E-state index contributed by atoms with van der Waals surface area (Å²) in [5, 5.41) is 4.23. The highest BCUT2D eigenvalue weighted by Crippen LogP contribution is 2.18. The predicted octanol–water partition coefficient (Wildman–Crippen LogP) is 1.18. The van der Waals surface area contributed by atoms with Crippen molar-refractivity contribution in [1.29, 1.82) is 0 Å². The molecule has 2 heterocycles. The van der Waals surface area contributed by atoms with Gasteiger partial charge in [-0.05, 0) is 25.0 Å². The number of aromatic nitrogens is 2. The topological polar surface area (TPSA) is 47.4 Å². The molecule has 0 atom stereocenters. The number of rotatable bonds is 5. The standard InChI is InChI=1S/C13H21N3O2S/c1-18-12-3-6-15(7-4-12)11-9-13(17)16(14-10-11)5-2-8-19/h9-10,12,19H,2-8H2,1H3. The van der Waals surface area contributed by atoms with Gasteiger partial charge in [-0.2, -0.15) is 17.7 Å². The summed E-state index contributed by atoms with van der Waals surface area (Å²) in [7, 11) is 1.75. The van der Waals surface area contributed by atoms with Crippen molar-refractivity contribution < 1.29 is 4.74 Å². The fourth-order valence-corrected chi connectivity index (χ4v) is 2.48. The highest BCUT2D eigenvalue weighted by Gasteiger charge is 2.19. The zero-order valence-corrected chi connectivity index (χ0v) is 12.2. The van der Waals surface area contributed by atoms with Crippen molar-refractivity contribution in [3.63, 3.8) is 0 Å². The highest BCUT2D eigenvalue weighted by molar-refractivity contribution is 7.80. The van der Waals surface area contributed by atoms with Gasteiger partial charge in [0.25, 0.3) is 5.56 Å². The number of anilines is 1. The van der Waals surface area contributed by atoms with Gasteiger partial charge in [0.15, 0.2) is 0 Å². The summed E-state index contributed by atoms with van der Waals surface area (Å²) >= 11 is 4.14. The number of hydrogen-bond acceptors (Lipinski definition) is 5. The average Bonchev–Trinajstić information content (AvgIpc) is 2.46. The molecule has 0 amide bonds. The fourth-order valence-electron chi connectivity index (χ4n) is 2.34. The van der Waals surface area contributed by atoms with E-state index < -0.39 is 0 Å². The molecule has 0 radical (unpaired) electrons. The quantitative estimate of drug-likeness (QED) is 0.824. The molecule has 1 aromatic rings. The Balaban J connectivity index is 2.02. The van der Waals surface area contributed by atoms with Gasteiger partial charge in [-0.25, -0.2) is 4.68 Å². The molecule has 1 fully saturated rings. The van der Waals surface area contributed by atoms with Crippen LogP contribution in [0, 0.1) is 0 Å². The van der Waals surface area contributed by atoms with Crippen LogP contribution < -0.4 is 10.5 Å². The summed E-state index contributed by atoms with van der Waals surface area (Å²) in [4.78, 5) is 14.1. The Morgan fingerprint density at radius 2 is 2.21 bits per heavy atom. The largest absolute Gasteiger partial charge is 0.381 e. The van der Waals surface area contributed by atoms with Crippen molar-refractivity contribution in [2.24, 2.45) is 0 Å². The molecule has 0 saturated carbocycles. The van der Waals surface area contributed by atoms with Crippen molar-refractivity contribution in [1.82, 2.24) is 9.78 Å². The molecule has 2 rings (SSSR count). The average molecular weight is 283 g/mol. The maximum absolute atomic E-state index is 11.9. The number of thiol groups is 1. The van der Waals surface area contributed by atoms with Crippen LogP contribution in [0.1, 0.15) is 19.3 Å². The normalized spacial score (nSPS) is 16.8. The molecular weight excluding hydrogens is 262 g/mol. The third-order valence-electron chi connectivity index (χ3n) is 3.52. The van der Waals surface area contributed by atoms with Gasteiger partial charge in [0.1, 0.15) is 0 Å². The van der Waals surface area contributed by atoms with Crippen LogP contribution in [0.5, 0.6) is 0 Å². The van der Waals surface area contributed by atoms with E-state index in [1.165, 1.54) is 4.68 Å². The Labute approximate surface area is 119 Å². The molecule has 0 aromatic carbocycles. The minimum atomic E-state index is -0.0341. The summed E-state index contributed by atoms with van der Waals surface area (Å²) in [6.07, 6.45) is 4.99. The van der Waals surface area contributed by atoms with E-state index >= 15 is 0 Å². The van der Waals surface area contributed by atoms with E-state index in [1.807, 2.05) is 0 Å². The van der Waals surface area contributed by atoms with Crippen molar-refractivity contribution in [2.45, 2.75) is 31.9 Å². The number of nitrogens with zero attached hydrogens (tertiary/aromatic N) is 3. The van der Waals surface area contributed by atoms with E-state index in [0.29, 0.717) is 12.6 Å². The van der Waals surface area contributed by atoms with E-state index in [4.69, 9.17) is 4.74 Å². The minimum absolute atomic E-state index is 0.0341. The SMILES string of the molecule is COC1CCN(c2cnn(CCCS)c(=O)c2)CC1. The van der Waals surface area contributed by atoms with Crippen LogP contribution in [0.2, 0.25) is 0 Å². The van der Waals surface area contributed by atoms with Crippen LogP contribution in [0.3, 0.4) is 0 Å². The van der Waals surface area contributed by atoms with E-state index in [-0.39, 0.29) is 5.56 Å². The Morgan fingerprint density at radius 3 is 2.79 bits per heavy atom. The minimum Gasteiger partial charge on any atom is -0.381 e. The first kappa shape index (κ1) is 14.4. The molecule has 0 bridgehead atoms. The zero-order chi connectivity index (χ0) is 13.7. The molecule has 0 aliphatic carbocycles. The summed E-state index contributed by atoms with van der Waals surface area (Å²) in [5.41, 5.74) is 0.884. The monoisotopic (exact) mass is 283 g/mol. The molecule has 1 aromatic heterocycles. The lowest BCUT2D eigenvalue weighted by atomic mass is 10.1. The van der Waals surface area contributed by atoms with E-state index in [9.17, 15) is 4.79 Å². The molecule has 0 spiro atoms. The maximum atomic E-state index is 11.9. The highest BCUT2D eigenvalue weighted by atomic mass is 32.1. The van der Waals surface area contributed by atoms with E-state index in [2.05, 4.69) is 22.6 Å². The second kappa shape index (κ2) is 6.96. The second-order valence-electron chi connectivity index (χ2n) is 4.77. The Morgan fingerprint density at radius 1 is 1.47 bits per heavy atom. The van der Waals surface area contributed by atoms with E-state index in [1.54, 1.807) is 19.4 Å². The van der Waals surface area contributed by atoms with Gasteiger partial charge in [-0.15, -0.1) is 0 Å². The summed E-state index contributed by atoms with van der Waals surface area (Å²) in [5.74, 6) is 0.764. The van der Waals surface area contributed by atoms with Gasteiger partial charge in [-0.1, -0.05) is 0 Å². The van der Waals surface area contributed by atoms with Crippen molar-refractivity contribution in [3.8, 4) is 0 Å². The van der Waals surface area contributed by atoms with Crippen LogP contribution in [0.25, 0.3) is 0 Å². The third-order valence-corrected chi connectivity index (χ3v) is 3.84. The lowest BCUT2D eigenvalue weighted by Crippen LogP contribution is -2.37. The smallest absolute Gasteiger partial charge is 0.268 e. The number of hydrogen-bond donors (Lipinski definition) is 1. The number of piperidine rings is 1. The van der Waals surface area contributed by atoms with Gasteiger partial charge in [-0.3, -0.25) is 4.79 Å².